The Morgan fingerprint density at radius 3 is 2.66 bits per heavy atom. The van der Waals surface area contributed by atoms with Crippen molar-refractivity contribution in [3.8, 4) is 0 Å². The lowest BCUT2D eigenvalue weighted by Crippen LogP contribution is -2.44. The Hall–Kier alpha value is -3.68. The number of hydrogen-bond donors (Lipinski definition) is 3. The fourth-order valence-electron chi connectivity index (χ4n) is 4.07. The van der Waals surface area contributed by atoms with Gasteiger partial charge in [0.15, 0.2) is 5.69 Å². The van der Waals surface area contributed by atoms with Gasteiger partial charge in [-0.15, -0.1) is 0 Å². The average Bonchev–Trinajstić information content (AvgIpc) is 3.26. The van der Waals surface area contributed by atoms with Crippen molar-refractivity contribution >= 4 is 28.6 Å². The third-order valence-electron chi connectivity index (χ3n) is 5.74. The number of nitrogens with zero attached hydrogens (tertiary/aromatic N) is 2. The van der Waals surface area contributed by atoms with Crippen LogP contribution in [0.15, 0.2) is 54.6 Å². The molecule has 1 unspecified atom stereocenters. The van der Waals surface area contributed by atoms with Gasteiger partial charge in [-0.1, -0.05) is 48.5 Å². The molecule has 1 atom stereocenters. The van der Waals surface area contributed by atoms with Crippen LogP contribution in [-0.2, 0) is 9.59 Å². The van der Waals surface area contributed by atoms with Crippen LogP contribution in [-0.4, -0.2) is 52.5 Å². The minimum Gasteiger partial charge on any atom is -0.356 e. The van der Waals surface area contributed by atoms with Crippen molar-refractivity contribution < 1.29 is 14.4 Å². The summed E-state index contributed by atoms with van der Waals surface area (Å²) in [4.78, 5) is 40.1. The quantitative estimate of drug-likeness (QED) is 0.588. The van der Waals surface area contributed by atoms with Crippen molar-refractivity contribution in [2.24, 2.45) is 0 Å². The van der Waals surface area contributed by atoms with E-state index >= 15 is 0 Å². The van der Waals surface area contributed by atoms with E-state index in [4.69, 9.17) is 0 Å². The zero-order valence-electron chi connectivity index (χ0n) is 17.8. The highest BCUT2D eigenvalue weighted by molar-refractivity contribution is 6.05. The van der Waals surface area contributed by atoms with E-state index in [1.807, 2.05) is 54.6 Å². The molecule has 1 fully saturated rings. The molecule has 1 saturated heterocycles. The number of para-hydroxylation sites is 1. The van der Waals surface area contributed by atoms with Crippen LogP contribution in [0.4, 0.5) is 0 Å². The highest BCUT2D eigenvalue weighted by Gasteiger charge is 2.28. The van der Waals surface area contributed by atoms with Crippen LogP contribution in [0.2, 0.25) is 0 Å². The highest BCUT2D eigenvalue weighted by atomic mass is 16.2. The molecule has 0 spiro atoms. The van der Waals surface area contributed by atoms with E-state index in [9.17, 15) is 14.4 Å². The Kier molecular flexibility index (Phi) is 6.79. The molecule has 0 aliphatic carbocycles. The van der Waals surface area contributed by atoms with Crippen LogP contribution in [0, 0.1) is 0 Å². The normalized spacial score (nSPS) is 17.6. The Labute approximate surface area is 186 Å². The van der Waals surface area contributed by atoms with Crippen molar-refractivity contribution in [2.75, 3.05) is 19.6 Å². The molecule has 1 aliphatic heterocycles. The number of aromatic amines is 1. The third kappa shape index (κ3) is 4.96. The summed E-state index contributed by atoms with van der Waals surface area (Å²) in [7, 11) is 0. The zero-order chi connectivity index (χ0) is 22.3. The second-order valence-corrected chi connectivity index (χ2v) is 7.93. The molecule has 2 aromatic carbocycles. The van der Waals surface area contributed by atoms with Crippen molar-refractivity contribution in [1.29, 1.82) is 0 Å². The number of rotatable bonds is 4. The molecule has 3 aromatic rings. The molecule has 166 valence electrons. The van der Waals surface area contributed by atoms with Crippen LogP contribution < -0.4 is 10.6 Å². The molecule has 1 aromatic heterocycles. The van der Waals surface area contributed by atoms with Crippen LogP contribution >= 0.6 is 0 Å². The number of aromatic nitrogens is 2. The molecule has 32 heavy (non-hydrogen) atoms. The maximum absolute atomic E-state index is 13.2. The van der Waals surface area contributed by atoms with Crippen LogP contribution in [0.1, 0.15) is 47.8 Å². The summed E-state index contributed by atoms with van der Waals surface area (Å²) in [5, 5.41) is 13.3. The molecule has 0 bridgehead atoms. The van der Waals surface area contributed by atoms with Crippen LogP contribution in [0.5, 0.6) is 0 Å². The van der Waals surface area contributed by atoms with Crippen molar-refractivity contribution in [1.82, 2.24) is 25.7 Å². The van der Waals surface area contributed by atoms with Gasteiger partial charge in [-0.05, 0) is 30.9 Å². The number of amides is 3. The number of fused-ring (bicyclic) bond motifs is 1. The van der Waals surface area contributed by atoms with Gasteiger partial charge in [0.25, 0.3) is 5.91 Å². The van der Waals surface area contributed by atoms with Gasteiger partial charge in [0.2, 0.25) is 11.8 Å². The lowest BCUT2D eigenvalue weighted by Gasteiger charge is -2.33. The van der Waals surface area contributed by atoms with Gasteiger partial charge in [-0.2, -0.15) is 5.10 Å². The first kappa shape index (κ1) is 21.5. The molecule has 3 amide bonds. The maximum atomic E-state index is 13.2. The summed E-state index contributed by atoms with van der Waals surface area (Å²) in [6.45, 7) is 1.03. The Bertz CT molecular complexity index is 1100. The first-order valence-electron chi connectivity index (χ1n) is 11.0. The fraction of sp³-hybridized carbons (Fsp3) is 0.333. The van der Waals surface area contributed by atoms with Gasteiger partial charge >= 0.3 is 0 Å². The molecule has 1 aliphatic rings. The van der Waals surface area contributed by atoms with Gasteiger partial charge in [0.1, 0.15) is 0 Å². The number of carbonyl (C=O) groups is 3. The van der Waals surface area contributed by atoms with E-state index in [1.165, 1.54) is 0 Å². The van der Waals surface area contributed by atoms with Gasteiger partial charge in [0.05, 0.1) is 24.5 Å². The molecule has 0 radical (unpaired) electrons. The lowest BCUT2D eigenvalue weighted by atomic mass is 10.00. The molecular weight excluding hydrogens is 406 g/mol. The fourth-order valence-corrected chi connectivity index (χ4v) is 4.07. The van der Waals surface area contributed by atoms with E-state index in [0.717, 1.165) is 30.3 Å². The van der Waals surface area contributed by atoms with E-state index in [0.29, 0.717) is 18.5 Å². The minimum absolute atomic E-state index is 0.0782. The standard InChI is InChI=1S/C24H27N5O3/c30-21-15-20(17-9-3-1-4-10-17)29(14-8-2-7-13-25-21)22(31)16-26-24(32)23-18-11-5-6-12-19(18)27-28-23/h1,3-6,9-12,20H,2,7-8,13-16H2,(H,25,30)(H,26,32)(H,27,28). The van der Waals surface area contributed by atoms with E-state index in [2.05, 4.69) is 20.8 Å². The van der Waals surface area contributed by atoms with E-state index in [1.54, 1.807) is 4.90 Å². The summed E-state index contributed by atoms with van der Waals surface area (Å²) in [6.07, 6.45) is 2.82. The van der Waals surface area contributed by atoms with Gasteiger partial charge < -0.3 is 15.5 Å². The molecule has 4 rings (SSSR count). The number of nitrogens with one attached hydrogen (secondary N) is 3. The highest BCUT2D eigenvalue weighted by Crippen LogP contribution is 2.26. The second kappa shape index (κ2) is 10.1. The van der Waals surface area contributed by atoms with E-state index in [-0.39, 0.29) is 36.5 Å². The first-order valence-corrected chi connectivity index (χ1v) is 11.0. The van der Waals surface area contributed by atoms with Crippen molar-refractivity contribution in [2.45, 2.75) is 31.7 Å². The smallest absolute Gasteiger partial charge is 0.272 e. The first-order chi connectivity index (χ1) is 15.6. The average molecular weight is 434 g/mol. The topological polar surface area (TPSA) is 107 Å². The number of benzene rings is 2. The van der Waals surface area contributed by atoms with Gasteiger partial charge in [0, 0.05) is 18.5 Å². The molecular formula is C24H27N5O3. The minimum atomic E-state index is -0.411. The second-order valence-electron chi connectivity index (χ2n) is 7.93. The summed E-state index contributed by atoms with van der Waals surface area (Å²) < 4.78 is 0. The zero-order valence-corrected chi connectivity index (χ0v) is 17.8. The summed E-state index contributed by atoms with van der Waals surface area (Å²) in [5.74, 6) is -0.711. The monoisotopic (exact) mass is 433 g/mol. The number of hydrogen-bond acceptors (Lipinski definition) is 4. The Morgan fingerprint density at radius 1 is 1.03 bits per heavy atom. The maximum Gasteiger partial charge on any atom is 0.272 e. The van der Waals surface area contributed by atoms with Gasteiger partial charge in [-0.3, -0.25) is 19.5 Å². The SMILES string of the molecule is O=C1CC(c2ccccc2)N(C(=O)CNC(=O)c2n[nH]c3ccccc23)CCCCCN1. The number of H-pyrrole nitrogens is 1. The molecule has 0 saturated carbocycles. The predicted molar refractivity (Wildman–Crippen MR) is 121 cm³/mol. The van der Waals surface area contributed by atoms with E-state index < -0.39 is 5.91 Å². The summed E-state index contributed by atoms with van der Waals surface area (Å²) in [6, 6.07) is 16.5. The Morgan fingerprint density at radius 2 is 1.81 bits per heavy atom. The lowest BCUT2D eigenvalue weighted by molar-refractivity contribution is -0.134. The molecule has 8 heteroatoms. The molecule has 8 nitrogen and oxygen atoms in total. The summed E-state index contributed by atoms with van der Waals surface area (Å²) >= 11 is 0. The van der Waals surface area contributed by atoms with Crippen molar-refractivity contribution in [3.05, 3.63) is 65.9 Å². The Balaban J connectivity index is 1.51. The molecule has 3 N–H and O–H groups in total. The largest absolute Gasteiger partial charge is 0.356 e. The molecule has 2 heterocycles. The predicted octanol–water partition coefficient (Wildman–Crippen LogP) is 2.55. The van der Waals surface area contributed by atoms with Crippen LogP contribution in [0.25, 0.3) is 10.9 Å². The van der Waals surface area contributed by atoms with Crippen molar-refractivity contribution in [3.63, 3.8) is 0 Å². The van der Waals surface area contributed by atoms with Crippen LogP contribution in [0.3, 0.4) is 0 Å². The third-order valence-corrected chi connectivity index (χ3v) is 5.74. The summed E-state index contributed by atoms with van der Waals surface area (Å²) in [5.41, 5.74) is 1.92. The van der Waals surface area contributed by atoms with Gasteiger partial charge in [-0.25, -0.2) is 0 Å². The number of carbonyl (C=O) groups excluding carboxylic acids is 3.